The molecule has 0 aliphatic heterocycles. The molecule has 3 rings (SSSR count). The lowest BCUT2D eigenvalue weighted by molar-refractivity contribution is 0.0699. The lowest BCUT2D eigenvalue weighted by Gasteiger charge is -2.08. The quantitative estimate of drug-likeness (QED) is 0.615. The molecule has 5 heteroatoms. The van der Waals surface area contributed by atoms with Crippen LogP contribution in [0.1, 0.15) is 10.4 Å². The maximum Gasteiger partial charge on any atom is 0.336 e. The fourth-order valence-electron chi connectivity index (χ4n) is 2.16. The third-order valence-electron chi connectivity index (χ3n) is 3.16. The minimum Gasteiger partial charge on any atom is -0.478 e. The summed E-state index contributed by atoms with van der Waals surface area (Å²) in [6, 6.07) is 14.5. The first-order valence-corrected chi connectivity index (χ1v) is 7.60. The number of pyridine rings is 1. The molecule has 0 aliphatic carbocycles. The van der Waals surface area contributed by atoms with E-state index in [-0.39, 0.29) is 5.56 Å². The highest BCUT2D eigenvalue weighted by Gasteiger charge is 2.14. The Kier molecular flexibility index (Phi) is 3.82. The summed E-state index contributed by atoms with van der Waals surface area (Å²) in [5.41, 5.74) is 2.17. The van der Waals surface area contributed by atoms with Gasteiger partial charge in [-0.3, -0.25) is 0 Å². The van der Waals surface area contributed by atoms with Crippen LogP contribution in [-0.2, 0) is 0 Å². The number of benzene rings is 2. The number of hydrogen-bond donors (Lipinski definition) is 1. The molecule has 0 fully saturated rings. The molecule has 0 saturated carbocycles. The summed E-state index contributed by atoms with van der Waals surface area (Å²) in [7, 11) is 0. The molecule has 0 amide bonds. The van der Waals surface area contributed by atoms with Gasteiger partial charge in [0.05, 0.1) is 21.8 Å². The van der Waals surface area contributed by atoms with E-state index >= 15 is 0 Å². The molecular formula is C16H9ClINO2. The zero-order valence-electron chi connectivity index (χ0n) is 10.7. The average Bonchev–Trinajstić information content (AvgIpc) is 2.47. The summed E-state index contributed by atoms with van der Waals surface area (Å²) in [4.78, 5) is 16.0. The van der Waals surface area contributed by atoms with Gasteiger partial charge in [-0.25, -0.2) is 9.78 Å². The molecule has 3 aromatic rings. The molecule has 0 bridgehead atoms. The van der Waals surface area contributed by atoms with Gasteiger partial charge in [0.15, 0.2) is 0 Å². The minimum atomic E-state index is -0.989. The smallest absolute Gasteiger partial charge is 0.336 e. The van der Waals surface area contributed by atoms with Gasteiger partial charge in [0, 0.05) is 14.5 Å². The second kappa shape index (κ2) is 5.61. The number of carbonyl (C=O) groups is 1. The van der Waals surface area contributed by atoms with Gasteiger partial charge >= 0.3 is 5.97 Å². The van der Waals surface area contributed by atoms with Gasteiger partial charge in [0.1, 0.15) is 0 Å². The number of fused-ring (bicyclic) bond motifs is 1. The zero-order chi connectivity index (χ0) is 15.0. The van der Waals surface area contributed by atoms with Crippen LogP contribution in [0.3, 0.4) is 0 Å². The van der Waals surface area contributed by atoms with E-state index in [0.29, 0.717) is 21.6 Å². The maximum absolute atomic E-state index is 11.5. The molecule has 2 aromatic carbocycles. The van der Waals surface area contributed by atoms with Crippen molar-refractivity contribution in [3.8, 4) is 11.3 Å². The molecule has 3 nitrogen and oxygen atoms in total. The van der Waals surface area contributed by atoms with Crippen molar-refractivity contribution in [3.63, 3.8) is 0 Å². The van der Waals surface area contributed by atoms with E-state index in [9.17, 15) is 9.90 Å². The van der Waals surface area contributed by atoms with E-state index in [1.165, 1.54) is 0 Å². The number of carboxylic acids is 1. The number of nitrogens with zero attached hydrogens (tertiary/aromatic N) is 1. The predicted molar refractivity (Wildman–Crippen MR) is 91.9 cm³/mol. The first-order chi connectivity index (χ1) is 10.1. The number of para-hydroxylation sites is 1. The van der Waals surface area contributed by atoms with Crippen LogP contribution in [0.15, 0.2) is 48.5 Å². The van der Waals surface area contributed by atoms with E-state index in [4.69, 9.17) is 11.6 Å². The standard InChI is InChI=1S/C16H9ClINO2/c17-13-3-1-2-11-12(16(20)21)8-14(19-15(11)13)9-4-6-10(18)7-5-9/h1-8H,(H,20,21). The summed E-state index contributed by atoms with van der Waals surface area (Å²) < 4.78 is 1.11. The summed E-state index contributed by atoms with van der Waals surface area (Å²) in [5, 5.41) is 10.4. The van der Waals surface area contributed by atoms with E-state index in [1.807, 2.05) is 24.3 Å². The predicted octanol–water partition coefficient (Wildman–Crippen LogP) is 4.86. The molecule has 0 radical (unpaired) electrons. The van der Waals surface area contributed by atoms with Crippen LogP contribution >= 0.6 is 34.2 Å². The van der Waals surface area contributed by atoms with Crippen molar-refractivity contribution in [3.05, 3.63) is 62.7 Å². The molecule has 21 heavy (non-hydrogen) atoms. The van der Waals surface area contributed by atoms with Crippen LogP contribution in [0.25, 0.3) is 22.2 Å². The second-order valence-corrected chi connectivity index (χ2v) is 6.16. The maximum atomic E-state index is 11.5. The average molecular weight is 410 g/mol. The number of hydrogen-bond acceptors (Lipinski definition) is 2. The highest BCUT2D eigenvalue weighted by molar-refractivity contribution is 14.1. The Bertz CT molecular complexity index is 847. The van der Waals surface area contributed by atoms with Crippen LogP contribution in [0.5, 0.6) is 0 Å². The van der Waals surface area contributed by atoms with E-state index in [2.05, 4.69) is 27.6 Å². The summed E-state index contributed by atoms with van der Waals surface area (Å²) in [6.07, 6.45) is 0. The third-order valence-corrected chi connectivity index (χ3v) is 4.18. The topological polar surface area (TPSA) is 50.2 Å². The molecule has 1 aromatic heterocycles. The van der Waals surface area contributed by atoms with Gasteiger partial charge in [0.25, 0.3) is 0 Å². The van der Waals surface area contributed by atoms with Gasteiger partial charge in [-0.1, -0.05) is 35.9 Å². The molecule has 0 unspecified atom stereocenters. The Morgan fingerprint density at radius 1 is 1.14 bits per heavy atom. The van der Waals surface area contributed by atoms with Crippen LogP contribution in [0.2, 0.25) is 5.02 Å². The van der Waals surface area contributed by atoms with Gasteiger partial charge < -0.3 is 5.11 Å². The lowest BCUT2D eigenvalue weighted by atomic mass is 10.0. The molecule has 0 spiro atoms. The Morgan fingerprint density at radius 3 is 2.52 bits per heavy atom. The molecule has 0 atom stereocenters. The third kappa shape index (κ3) is 2.73. The van der Waals surface area contributed by atoms with Crippen LogP contribution in [0, 0.1) is 3.57 Å². The number of aromatic carboxylic acids is 1. The first-order valence-electron chi connectivity index (χ1n) is 6.15. The van der Waals surface area contributed by atoms with Crippen molar-refractivity contribution in [2.75, 3.05) is 0 Å². The summed E-state index contributed by atoms with van der Waals surface area (Å²) >= 11 is 8.38. The number of halogens is 2. The molecule has 104 valence electrons. The molecule has 1 N–H and O–H groups in total. The zero-order valence-corrected chi connectivity index (χ0v) is 13.6. The van der Waals surface area contributed by atoms with Gasteiger partial charge in [-0.15, -0.1) is 0 Å². The Labute approximate surface area is 139 Å². The van der Waals surface area contributed by atoms with E-state index in [1.54, 1.807) is 24.3 Å². The Morgan fingerprint density at radius 2 is 1.86 bits per heavy atom. The van der Waals surface area contributed by atoms with Crippen molar-refractivity contribution in [2.24, 2.45) is 0 Å². The summed E-state index contributed by atoms with van der Waals surface area (Å²) in [5.74, 6) is -0.989. The highest BCUT2D eigenvalue weighted by atomic mass is 127. The second-order valence-electron chi connectivity index (χ2n) is 4.50. The molecule has 0 saturated heterocycles. The van der Waals surface area contributed by atoms with Gasteiger partial charge in [-0.2, -0.15) is 0 Å². The SMILES string of the molecule is O=C(O)c1cc(-c2ccc(I)cc2)nc2c(Cl)cccc12. The fourth-order valence-corrected chi connectivity index (χ4v) is 2.74. The minimum absolute atomic E-state index is 0.205. The molecule has 1 heterocycles. The molecular weight excluding hydrogens is 401 g/mol. The monoisotopic (exact) mass is 409 g/mol. The van der Waals surface area contributed by atoms with Crippen LogP contribution in [0.4, 0.5) is 0 Å². The van der Waals surface area contributed by atoms with Crippen molar-refractivity contribution < 1.29 is 9.90 Å². The summed E-state index contributed by atoms with van der Waals surface area (Å²) in [6.45, 7) is 0. The van der Waals surface area contributed by atoms with Crippen molar-refractivity contribution in [1.82, 2.24) is 4.98 Å². The number of aromatic nitrogens is 1. The Balaban J connectivity index is 2.32. The van der Waals surface area contributed by atoms with Crippen LogP contribution in [-0.4, -0.2) is 16.1 Å². The lowest BCUT2D eigenvalue weighted by Crippen LogP contribution is -2.00. The van der Waals surface area contributed by atoms with Crippen LogP contribution < -0.4 is 0 Å². The van der Waals surface area contributed by atoms with E-state index in [0.717, 1.165) is 9.13 Å². The largest absolute Gasteiger partial charge is 0.478 e. The molecule has 0 aliphatic rings. The van der Waals surface area contributed by atoms with Gasteiger partial charge in [0.2, 0.25) is 0 Å². The Hall–Kier alpha value is -1.66. The number of carboxylic acid groups (broad SMARTS) is 1. The highest BCUT2D eigenvalue weighted by Crippen LogP contribution is 2.29. The van der Waals surface area contributed by atoms with Crippen molar-refractivity contribution in [1.29, 1.82) is 0 Å². The van der Waals surface area contributed by atoms with Crippen molar-refractivity contribution in [2.45, 2.75) is 0 Å². The fraction of sp³-hybridized carbons (Fsp3) is 0. The van der Waals surface area contributed by atoms with Gasteiger partial charge in [-0.05, 0) is 46.9 Å². The normalized spacial score (nSPS) is 10.8. The number of rotatable bonds is 2. The van der Waals surface area contributed by atoms with E-state index < -0.39 is 5.97 Å². The van der Waals surface area contributed by atoms with Crippen molar-refractivity contribution >= 4 is 51.1 Å². The first kappa shape index (κ1) is 14.3.